The fourth-order valence-electron chi connectivity index (χ4n) is 2.50. The third-order valence-electron chi connectivity index (χ3n) is 3.45. The van der Waals surface area contributed by atoms with Crippen molar-refractivity contribution < 1.29 is 0 Å². The maximum Gasteiger partial charge on any atom is 0.0900 e. The summed E-state index contributed by atoms with van der Waals surface area (Å²) in [6.45, 7) is 0. The van der Waals surface area contributed by atoms with Crippen LogP contribution in [0.5, 0.6) is 0 Å². The molecule has 0 amide bonds. The molecule has 1 aliphatic rings. The standard InChI is InChI=1S/C17H18S2/c1-3-8-15(9-4-1)14-17(18-12-7-13-19-17)16-10-5-2-6-11-16/h1-6,8-11H,7,12-14H2. The van der Waals surface area contributed by atoms with E-state index in [-0.39, 0.29) is 4.08 Å². The fraction of sp³-hybridized carbons (Fsp3) is 0.294. The highest BCUT2D eigenvalue weighted by atomic mass is 32.2. The second-order valence-corrected chi connectivity index (χ2v) is 7.88. The largest absolute Gasteiger partial charge is 0.139 e. The number of rotatable bonds is 3. The van der Waals surface area contributed by atoms with Gasteiger partial charge in [0, 0.05) is 6.42 Å². The molecule has 2 aromatic carbocycles. The van der Waals surface area contributed by atoms with E-state index in [2.05, 4.69) is 84.2 Å². The van der Waals surface area contributed by atoms with Crippen LogP contribution in [0.15, 0.2) is 60.7 Å². The van der Waals surface area contributed by atoms with Crippen LogP contribution in [0.1, 0.15) is 17.5 Å². The quantitative estimate of drug-likeness (QED) is 0.783. The summed E-state index contributed by atoms with van der Waals surface area (Å²) in [5, 5.41) is 0. The van der Waals surface area contributed by atoms with Crippen molar-refractivity contribution in [1.82, 2.24) is 0 Å². The molecule has 0 bridgehead atoms. The third kappa shape index (κ3) is 3.01. The van der Waals surface area contributed by atoms with Crippen molar-refractivity contribution in [2.75, 3.05) is 11.5 Å². The molecule has 0 N–H and O–H groups in total. The van der Waals surface area contributed by atoms with Crippen LogP contribution >= 0.6 is 23.5 Å². The molecule has 0 nitrogen and oxygen atoms in total. The predicted octanol–water partition coefficient (Wildman–Crippen LogP) is 4.95. The smallest absolute Gasteiger partial charge is 0.0900 e. The molecule has 2 heteroatoms. The first kappa shape index (κ1) is 13.1. The minimum atomic E-state index is 0.209. The lowest BCUT2D eigenvalue weighted by atomic mass is 10.0. The molecule has 1 heterocycles. The van der Waals surface area contributed by atoms with E-state index >= 15 is 0 Å². The van der Waals surface area contributed by atoms with E-state index < -0.39 is 0 Å². The van der Waals surface area contributed by atoms with Crippen molar-refractivity contribution in [3.05, 3.63) is 71.8 Å². The van der Waals surface area contributed by atoms with Crippen LogP contribution < -0.4 is 0 Å². The van der Waals surface area contributed by atoms with Gasteiger partial charge in [-0.25, -0.2) is 0 Å². The summed E-state index contributed by atoms with van der Waals surface area (Å²) in [7, 11) is 0. The Kier molecular flexibility index (Phi) is 4.19. The molecule has 1 saturated heterocycles. The molecule has 1 aliphatic heterocycles. The second kappa shape index (κ2) is 6.06. The van der Waals surface area contributed by atoms with E-state index in [1.54, 1.807) is 0 Å². The second-order valence-electron chi connectivity index (χ2n) is 4.83. The van der Waals surface area contributed by atoms with Gasteiger partial charge in [-0.1, -0.05) is 60.7 Å². The highest BCUT2D eigenvalue weighted by Crippen LogP contribution is 2.52. The van der Waals surface area contributed by atoms with Crippen molar-refractivity contribution in [2.24, 2.45) is 0 Å². The van der Waals surface area contributed by atoms with E-state index in [0.717, 1.165) is 6.42 Å². The Morgan fingerprint density at radius 3 is 2.00 bits per heavy atom. The van der Waals surface area contributed by atoms with Gasteiger partial charge in [-0.2, -0.15) is 0 Å². The lowest BCUT2D eigenvalue weighted by Gasteiger charge is -2.36. The molecular weight excluding hydrogens is 268 g/mol. The third-order valence-corrected chi connectivity index (χ3v) is 6.84. The predicted molar refractivity (Wildman–Crippen MR) is 87.8 cm³/mol. The minimum absolute atomic E-state index is 0.209. The van der Waals surface area contributed by atoms with Crippen molar-refractivity contribution >= 4 is 23.5 Å². The Hall–Kier alpha value is -0.860. The zero-order valence-electron chi connectivity index (χ0n) is 10.9. The molecule has 0 atom stereocenters. The Morgan fingerprint density at radius 2 is 1.37 bits per heavy atom. The molecule has 0 radical (unpaired) electrons. The minimum Gasteiger partial charge on any atom is -0.139 e. The lowest BCUT2D eigenvalue weighted by Crippen LogP contribution is -2.25. The maximum atomic E-state index is 2.29. The molecule has 1 fully saturated rings. The summed E-state index contributed by atoms with van der Waals surface area (Å²) in [5.74, 6) is 2.55. The summed E-state index contributed by atoms with van der Waals surface area (Å²) < 4.78 is 0.209. The average molecular weight is 286 g/mol. The van der Waals surface area contributed by atoms with Crippen LogP contribution in [-0.4, -0.2) is 11.5 Å². The Balaban J connectivity index is 1.93. The SMILES string of the molecule is c1ccc(CC2(c3ccccc3)SCCCS2)cc1. The van der Waals surface area contributed by atoms with Gasteiger partial charge in [-0.15, -0.1) is 23.5 Å². The summed E-state index contributed by atoms with van der Waals surface area (Å²) in [6, 6.07) is 21.9. The summed E-state index contributed by atoms with van der Waals surface area (Å²) in [4.78, 5) is 0. The highest BCUT2D eigenvalue weighted by molar-refractivity contribution is 8.18. The number of benzene rings is 2. The van der Waals surface area contributed by atoms with Crippen molar-refractivity contribution in [2.45, 2.75) is 16.9 Å². The number of hydrogen-bond donors (Lipinski definition) is 0. The van der Waals surface area contributed by atoms with Gasteiger partial charge in [-0.3, -0.25) is 0 Å². The first-order chi connectivity index (χ1) is 9.39. The van der Waals surface area contributed by atoms with E-state index in [0.29, 0.717) is 0 Å². The van der Waals surface area contributed by atoms with E-state index in [1.807, 2.05) is 0 Å². The van der Waals surface area contributed by atoms with Crippen LogP contribution in [0, 0.1) is 0 Å². The van der Waals surface area contributed by atoms with Crippen LogP contribution in [0.4, 0.5) is 0 Å². The molecule has 0 unspecified atom stereocenters. The van der Waals surface area contributed by atoms with Crippen molar-refractivity contribution in [3.8, 4) is 0 Å². The molecule has 19 heavy (non-hydrogen) atoms. The van der Waals surface area contributed by atoms with Gasteiger partial charge in [0.05, 0.1) is 4.08 Å². The molecule has 0 saturated carbocycles. The monoisotopic (exact) mass is 286 g/mol. The van der Waals surface area contributed by atoms with Gasteiger partial charge in [0.1, 0.15) is 0 Å². The van der Waals surface area contributed by atoms with E-state index in [9.17, 15) is 0 Å². The van der Waals surface area contributed by atoms with Gasteiger partial charge in [0.15, 0.2) is 0 Å². The first-order valence-electron chi connectivity index (χ1n) is 6.76. The molecule has 2 aromatic rings. The normalized spacial score (nSPS) is 18.1. The summed E-state index contributed by atoms with van der Waals surface area (Å²) in [5.41, 5.74) is 2.90. The van der Waals surface area contributed by atoms with E-state index in [1.165, 1.54) is 29.1 Å². The molecule has 0 spiro atoms. The molecule has 3 rings (SSSR count). The first-order valence-corrected chi connectivity index (χ1v) is 8.74. The lowest BCUT2D eigenvalue weighted by molar-refractivity contribution is 0.847. The topological polar surface area (TPSA) is 0 Å². The van der Waals surface area contributed by atoms with Crippen LogP contribution in [0.25, 0.3) is 0 Å². The number of hydrogen-bond acceptors (Lipinski definition) is 2. The Morgan fingerprint density at radius 1 is 0.789 bits per heavy atom. The zero-order chi connectivity index (χ0) is 13.0. The van der Waals surface area contributed by atoms with Gasteiger partial charge in [0.2, 0.25) is 0 Å². The Bertz CT molecular complexity index is 501. The van der Waals surface area contributed by atoms with Gasteiger partial charge < -0.3 is 0 Å². The average Bonchev–Trinajstić information content (AvgIpc) is 2.50. The van der Waals surface area contributed by atoms with Crippen LogP contribution in [0.2, 0.25) is 0 Å². The Labute approximate surface area is 124 Å². The van der Waals surface area contributed by atoms with Gasteiger partial charge in [0.25, 0.3) is 0 Å². The van der Waals surface area contributed by atoms with Crippen LogP contribution in [-0.2, 0) is 10.5 Å². The number of thioether (sulfide) groups is 2. The van der Waals surface area contributed by atoms with Crippen molar-refractivity contribution in [3.63, 3.8) is 0 Å². The molecule has 0 aliphatic carbocycles. The highest BCUT2D eigenvalue weighted by Gasteiger charge is 2.35. The summed E-state index contributed by atoms with van der Waals surface area (Å²) >= 11 is 4.24. The fourth-order valence-corrected chi connectivity index (χ4v) is 5.90. The van der Waals surface area contributed by atoms with Crippen molar-refractivity contribution in [1.29, 1.82) is 0 Å². The van der Waals surface area contributed by atoms with Gasteiger partial charge >= 0.3 is 0 Å². The maximum absolute atomic E-state index is 2.29. The summed E-state index contributed by atoms with van der Waals surface area (Å²) in [6.07, 6.45) is 2.45. The zero-order valence-corrected chi connectivity index (χ0v) is 12.6. The van der Waals surface area contributed by atoms with Crippen LogP contribution in [0.3, 0.4) is 0 Å². The van der Waals surface area contributed by atoms with Gasteiger partial charge in [-0.05, 0) is 29.1 Å². The molecular formula is C17H18S2. The molecule has 0 aromatic heterocycles. The van der Waals surface area contributed by atoms with E-state index in [4.69, 9.17) is 0 Å². The molecule has 98 valence electrons.